The van der Waals surface area contributed by atoms with Crippen LogP contribution in [-0.4, -0.2) is 0 Å². The van der Waals surface area contributed by atoms with Crippen molar-refractivity contribution in [2.45, 2.75) is 40.0 Å². The molecule has 0 aliphatic carbocycles. The second kappa shape index (κ2) is 4.49. The Kier molecular flexibility index (Phi) is 3.52. The van der Waals surface area contributed by atoms with Gasteiger partial charge in [-0.2, -0.15) is 0 Å². The minimum absolute atomic E-state index is 0.359. The molecule has 0 spiro atoms. The minimum atomic E-state index is 0.359. The van der Waals surface area contributed by atoms with E-state index in [0.717, 1.165) is 5.69 Å². The Morgan fingerprint density at radius 2 is 1.73 bits per heavy atom. The first kappa shape index (κ1) is 11.8. The SMILES string of the molecule is [C-]#[N+]c1ccc(C(C)CC(C)(C)C)cc1. The Bertz CT molecular complexity index is 348. The molecule has 0 aliphatic heterocycles. The van der Waals surface area contributed by atoms with Gasteiger partial charge in [-0.25, -0.2) is 4.85 Å². The van der Waals surface area contributed by atoms with E-state index in [1.54, 1.807) is 0 Å². The lowest BCUT2D eigenvalue weighted by molar-refractivity contribution is 0.349. The molecule has 1 aromatic carbocycles. The van der Waals surface area contributed by atoms with Gasteiger partial charge in [0.2, 0.25) is 0 Å². The predicted molar refractivity (Wildman–Crippen MR) is 65.2 cm³/mol. The number of nitrogens with zero attached hydrogens (tertiary/aromatic N) is 1. The van der Waals surface area contributed by atoms with Crippen LogP contribution in [0.3, 0.4) is 0 Å². The van der Waals surface area contributed by atoms with E-state index in [4.69, 9.17) is 6.57 Å². The molecular weight excluding hydrogens is 182 g/mol. The Hall–Kier alpha value is -1.29. The van der Waals surface area contributed by atoms with Crippen LogP contribution in [0.1, 0.15) is 45.6 Å². The zero-order chi connectivity index (χ0) is 11.5. The smallest absolute Gasteiger partial charge is 0.187 e. The number of hydrogen-bond acceptors (Lipinski definition) is 0. The largest absolute Gasteiger partial charge is 0.238 e. The molecule has 0 bridgehead atoms. The molecule has 1 unspecified atom stereocenters. The van der Waals surface area contributed by atoms with Gasteiger partial charge in [0.1, 0.15) is 0 Å². The van der Waals surface area contributed by atoms with Crippen molar-refractivity contribution in [2.75, 3.05) is 0 Å². The highest BCUT2D eigenvalue weighted by atomic mass is 14.6. The lowest BCUT2D eigenvalue weighted by Crippen LogP contribution is -2.09. The lowest BCUT2D eigenvalue weighted by Gasteiger charge is -2.23. The van der Waals surface area contributed by atoms with Crippen LogP contribution in [0, 0.1) is 12.0 Å². The molecule has 0 heterocycles. The zero-order valence-corrected chi connectivity index (χ0v) is 10.0. The van der Waals surface area contributed by atoms with Gasteiger partial charge in [-0.1, -0.05) is 52.0 Å². The highest BCUT2D eigenvalue weighted by molar-refractivity contribution is 5.45. The topological polar surface area (TPSA) is 4.36 Å². The van der Waals surface area contributed by atoms with E-state index in [1.165, 1.54) is 12.0 Å². The Balaban J connectivity index is 2.75. The van der Waals surface area contributed by atoms with Crippen molar-refractivity contribution in [3.05, 3.63) is 41.2 Å². The molecule has 0 aliphatic rings. The fourth-order valence-corrected chi connectivity index (χ4v) is 1.91. The maximum Gasteiger partial charge on any atom is 0.187 e. The van der Waals surface area contributed by atoms with Gasteiger partial charge in [0.25, 0.3) is 0 Å². The summed E-state index contributed by atoms with van der Waals surface area (Å²) >= 11 is 0. The van der Waals surface area contributed by atoms with Crippen LogP contribution in [-0.2, 0) is 0 Å². The highest BCUT2D eigenvalue weighted by Gasteiger charge is 2.16. The van der Waals surface area contributed by atoms with Gasteiger partial charge in [-0.05, 0) is 23.3 Å². The van der Waals surface area contributed by atoms with Gasteiger partial charge in [0.05, 0.1) is 6.57 Å². The van der Waals surface area contributed by atoms with E-state index in [-0.39, 0.29) is 0 Å². The summed E-state index contributed by atoms with van der Waals surface area (Å²) < 4.78 is 0. The summed E-state index contributed by atoms with van der Waals surface area (Å²) in [6, 6.07) is 7.95. The van der Waals surface area contributed by atoms with Gasteiger partial charge < -0.3 is 0 Å². The average Bonchev–Trinajstić information content (AvgIpc) is 2.15. The van der Waals surface area contributed by atoms with Crippen LogP contribution in [0.4, 0.5) is 5.69 Å². The van der Waals surface area contributed by atoms with Gasteiger partial charge >= 0.3 is 0 Å². The summed E-state index contributed by atoms with van der Waals surface area (Å²) in [7, 11) is 0. The first-order valence-electron chi connectivity index (χ1n) is 5.40. The van der Waals surface area contributed by atoms with Crippen molar-refractivity contribution in [1.29, 1.82) is 0 Å². The molecule has 1 heteroatoms. The second-order valence-corrected chi connectivity index (χ2v) is 5.37. The van der Waals surface area contributed by atoms with Gasteiger partial charge in [0, 0.05) is 0 Å². The van der Waals surface area contributed by atoms with Crippen LogP contribution in [0.5, 0.6) is 0 Å². The van der Waals surface area contributed by atoms with Gasteiger partial charge in [-0.3, -0.25) is 0 Å². The summed E-state index contributed by atoms with van der Waals surface area (Å²) in [6.45, 7) is 15.9. The molecule has 0 saturated carbocycles. The number of hydrogen-bond donors (Lipinski definition) is 0. The quantitative estimate of drug-likeness (QED) is 0.607. The van der Waals surface area contributed by atoms with Crippen molar-refractivity contribution in [3.8, 4) is 0 Å². The first-order valence-corrected chi connectivity index (χ1v) is 5.40. The van der Waals surface area contributed by atoms with E-state index in [1.807, 2.05) is 12.1 Å². The molecular formula is C14H19N. The van der Waals surface area contributed by atoms with Crippen molar-refractivity contribution < 1.29 is 0 Å². The molecule has 0 N–H and O–H groups in total. The molecule has 0 aromatic heterocycles. The van der Waals surface area contributed by atoms with Crippen LogP contribution in [0.2, 0.25) is 0 Å². The average molecular weight is 201 g/mol. The summed E-state index contributed by atoms with van der Waals surface area (Å²) in [5, 5.41) is 0. The van der Waals surface area contributed by atoms with Gasteiger partial charge in [0.15, 0.2) is 5.69 Å². The standard InChI is InChI=1S/C14H19N/c1-11(10-14(2,3)4)12-6-8-13(15-5)9-7-12/h6-9,11H,10H2,1-4H3. The van der Waals surface area contributed by atoms with Crippen LogP contribution < -0.4 is 0 Å². The molecule has 1 atom stereocenters. The Morgan fingerprint density at radius 3 is 2.13 bits per heavy atom. The van der Waals surface area contributed by atoms with Crippen molar-refractivity contribution in [3.63, 3.8) is 0 Å². The summed E-state index contributed by atoms with van der Waals surface area (Å²) in [4.78, 5) is 3.40. The molecule has 0 amide bonds. The molecule has 0 radical (unpaired) electrons. The molecule has 15 heavy (non-hydrogen) atoms. The van der Waals surface area contributed by atoms with Crippen molar-refractivity contribution in [1.82, 2.24) is 0 Å². The third-order valence-electron chi connectivity index (χ3n) is 2.51. The van der Waals surface area contributed by atoms with E-state index in [0.29, 0.717) is 11.3 Å². The number of benzene rings is 1. The third kappa shape index (κ3) is 3.75. The molecule has 1 rings (SSSR count). The zero-order valence-electron chi connectivity index (χ0n) is 10.0. The van der Waals surface area contributed by atoms with E-state index in [2.05, 4.69) is 44.7 Å². The van der Waals surface area contributed by atoms with Gasteiger partial charge in [-0.15, -0.1) is 0 Å². The van der Waals surface area contributed by atoms with Crippen LogP contribution >= 0.6 is 0 Å². The molecule has 0 saturated heterocycles. The summed E-state index contributed by atoms with van der Waals surface area (Å²) in [6.07, 6.45) is 1.17. The predicted octanol–water partition coefficient (Wildman–Crippen LogP) is 4.78. The molecule has 1 nitrogen and oxygen atoms in total. The minimum Gasteiger partial charge on any atom is -0.238 e. The third-order valence-corrected chi connectivity index (χ3v) is 2.51. The molecule has 1 aromatic rings. The lowest BCUT2D eigenvalue weighted by atomic mass is 9.82. The normalized spacial score (nSPS) is 13.3. The summed E-state index contributed by atoms with van der Waals surface area (Å²) in [5.74, 6) is 0.560. The van der Waals surface area contributed by atoms with E-state index >= 15 is 0 Å². The van der Waals surface area contributed by atoms with E-state index in [9.17, 15) is 0 Å². The second-order valence-electron chi connectivity index (χ2n) is 5.37. The monoisotopic (exact) mass is 201 g/mol. The summed E-state index contributed by atoms with van der Waals surface area (Å²) in [5.41, 5.74) is 2.41. The first-order chi connectivity index (χ1) is 6.92. The maximum atomic E-state index is 6.89. The fraction of sp³-hybridized carbons (Fsp3) is 0.500. The highest BCUT2D eigenvalue weighted by Crippen LogP contribution is 2.31. The fourth-order valence-electron chi connectivity index (χ4n) is 1.91. The van der Waals surface area contributed by atoms with Crippen molar-refractivity contribution >= 4 is 5.69 Å². The molecule has 80 valence electrons. The van der Waals surface area contributed by atoms with Crippen molar-refractivity contribution in [2.24, 2.45) is 5.41 Å². The molecule has 0 fully saturated rings. The van der Waals surface area contributed by atoms with Crippen LogP contribution in [0.25, 0.3) is 4.85 Å². The maximum absolute atomic E-state index is 6.89. The van der Waals surface area contributed by atoms with E-state index < -0.39 is 0 Å². The Labute approximate surface area is 93.0 Å². The number of rotatable bonds is 2. The Morgan fingerprint density at radius 1 is 1.20 bits per heavy atom. The van der Waals surface area contributed by atoms with Crippen LogP contribution in [0.15, 0.2) is 24.3 Å².